The van der Waals surface area contributed by atoms with Crippen molar-refractivity contribution >= 4 is 29.2 Å². The molecule has 1 aliphatic rings. The van der Waals surface area contributed by atoms with Crippen LogP contribution in [0.2, 0.25) is 0 Å². The minimum absolute atomic E-state index is 0.0214. The SMILES string of the molecule is CCCOc1ccc(/C=C/C(=O)N2CCC(NC(=O)c3ccsc3)CC2)cc1OCC. The molecule has 0 saturated carbocycles. The summed E-state index contributed by atoms with van der Waals surface area (Å²) < 4.78 is 11.4. The highest BCUT2D eigenvalue weighted by Crippen LogP contribution is 2.29. The Balaban J connectivity index is 1.52. The summed E-state index contributed by atoms with van der Waals surface area (Å²) in [7, 11) is 0. The normalized spacial score (nSPS) is 14.6. The number of ether oxygens (including phenoxy) is 2. The molecule has 0 bridgehead atoms. The van der Waals surface area contributed by atoms with Crippen LogP contribution in [0.1, 0.15) is 49.0 Å². The van der Waals surface area contributed by atoms with Gasteiger partial charge in [0.25, 0.3) is 5.91 Å². The summed E-state index contributed by atoms with van der Waals surface area (Å²) in [5, 5.41) is 6.80. The standard InChI is InChI=1S/C24H30N2O4S/c1-3-14-30-21-7-5-18(16-22(21)29-4-2)6-8-23(27)26-12-9-20(10-13-26)25-24(28)19-11-15-31-17-19/h5-8,11,15-17,20H,3-4,9-10,12-14H2,1-2H3,(H,25,28)/b8-6+. The molecule has 0 unspecified atom stereocenters. The van der Waals surface area contributed by atoms with Gasteiger partial charge in [0, 0.05) is 36.2 Å². The number of hydrogen-bond donors (Lipinski definition) is 1. The number of thiophene rings is 1. The number of hydrogen-bond acceptors (Lipinski definition) is 5. The Morgan fingerprint density at radius 1 is 1.16 bits per heavy atom. The summed E-state index contributed by atoms with van der Waals surface area (Å²) >= 11 is 1.51. The fourth-order valence-corrected chi connectivity index (χ4v) is 4.04. The van der Waals surface area contributed by atoms with E-state index >= 15 is 0 Å². The first kappa shape index (κ1) is 22.9. The summed E-state index contributed by atoms with van der Waals surface area (Å²) in [6, 6.07) is 7.62. The van der Waals surface area contributed by atoms with E-state index in [0.717, 1.165) is 30.6 Å². The van der Waals surface area contributed by atoms with Crippen LogP contribution in [0, 0.1) is 0 Å². The molecule has 31 heavy (non-hydrogen) atoms. The monoisotopic (exact) mass is 442 g/mol. The lowest BCUT2D eigenvalue weighted by molar-refractivity contribution is -0.126. The zero-order valence-corrected chi connectivity index (χ0v) is 19.0. The van der Waals surface area contributed by atoms with E-state index < -0.39 is 0 Å². The molecular weight excluding hydrogens is 412 g/mol. The van der Waals surface area contributed by atoms with Crippen molar-refractivity contribution in [3.63, 3.8) is 0 Å². The average molecular weight is 443 g/mol. The first-order chi connectivity index (χ1) is 15.1. The highest BCUT2D eigenvalue weighted by Gasteiger charge is 2.23. The number of nitrogens with one attached hydrogen (secondary N) is 1. The van der Waals surface area contributed by atoms with Crippen LogP contribution < -0.4 is 14.8 Å². The van der Waals surface area contributed by atoms with Crippen LogP contribution in [0.5, 0.6) is 11.5 Å². The maximum Gasteiger partial charge on any atom is 0.252 e. The Bertz CT molecular complexity index is 887. The topological polar surface area (TPSA) is 67.9 Å². The highest BCUT2D eigenvalue weighted by atomic mass is 32.1. The third-order valence-electron chi connectivity index (χ3n) is 5.07. The van der Waals surface area contributed by atoms with E-state index in [9.17, 15) is 9.59 Å². The Hall–Kier alpha value is -2.80. The summed E-state index contributed by atoms with van der Waals surface area (Å²) in [4.78, 5) is 26.6. The number of carbonyl (C=O) groups excluding carboxylic acids is 2. The van der Waals surface area contributed by atoms with Crippen LogP contribution >= 0.6 is 11.3 Å². The minimum Gasteiger partial charge on any atom is -0.490 e. The van der Waals surface area contributed by atoms with Crippen molar-refractivity contribution in [3.05, 3.63) is 52.2 Å². The largest absolute Gasteiger partial charge is 0.490 e. The Morgan fingerprint density at radius 2 is 1.97 bits per heavy atom. The van der Waals surface area contributed by atoms with Crippen molar-refractivity contribution in [3.8, 4) is 11.5 Å². The van der Waals surface area contributed by atoms with Gasteiger partial charge in [-0.1, -0.05) is 13.0 Å². The van der Waals surface area contributed by atoms with Gasteiger partial charge in [0.15, 0.2) is 11.5 Å². The lowest BCUT2D eigenvalue weighted by atomic mass is 10.0. The van der Waals surface area contributed by atoms with Gasteiger partial charge in [0.05, 0.1) is 13.2 Å². The Kier molecular flexibility index (Phi) is 8.53. The van der Waals surface area contributed by atoms with Crippen molar-refractivity contribution < 1.29 is 19.1 Å². The van der Waals surface area contributed by atoms with Gasteiger partial charge in [-0.25, -0.2) is 0 Å². The van der Waals surface area contributed by atoms with Gasteiger partial charge in [-0.05, 0) is 61.4 Å². The van der Waals surface area contributed by atoms with Gasteiger partial charge in [-0.3, -0.25) is 9.59 Å². The van der Waals surface area contributed by atoms with E-state index in [1.165, 1.54) is 11.3 Å². The molecule has 1 N–H and O–H groups in total. The third-order valence-corrected chi connectivity index (χ3v) is 5.76. The summed E-state index contributed by atoms with van der Waals surface area (Å²) in [6.07, 6.45) is 5.84. The predicted molar refractivity (Wildman–Crippen MR) is 124 cm³/mol. The second-order valence-electron chi connectivity index (χ2n) is 7.41. The van der Waals surface area contributed by atoms with E-state index in [-0.39, 0.29) is 17.9 Å². The lowest BCUT2D eigenvalue weighted by Gasteiger charge is -2.31. The molecule has 1 saturated heterocycles. The van der Waals surface area contributed by atoms with Crippen molar-refractivity contribution in [1.82, 2.24) is 10.2 Å². The third kappa shape index (κ3) is 6.59. The van der Waals surface area contributed by atoms with Crippen molar-refractivity contribution in [1.29, 1.82) is 0 Å². The zero-order valence-electron chi connectivity index (χ0n) is 18.1. The van der Waals surface area contributed by atoms with E-state index in [1.807, 2.05) is 46.8 Å². The molecule has 1 fully saturated rings. The van der Waals surface area contributed by atoms with Crippen molar-refractivity contribution in [2.24, 2.45) is 0 Å². The smallest absolute Gasteiger partial charge is 0.252 e. The van der Waals surface area contributed by atoms with Gasteiger partial charge in [-0.15, -0.1) is 0 Å². The summed E-state index contributed by atoms with van der Waals surface area (Å²) in [5.41, 5.74) is 1.59. The molecule has 6 nitrogen and oxygen atoms in total. The van der Waals surface area contributed by atoms with E-state index in [4.69, 9.17) is 9.47 Å². The molecule has 2 heterocycles. The number of rotatable bonds is 9. The zero-order chi connectivity index (χ0) is 22.1. The number of carbonyl (C=O) groups is 2. The Labute approximate surface area is 187 Å². The molecular formula is C24H30N2O4S. The highest BCUT2D eigenvalue weighted by molar-refractivity contribution is 7.08. The fourth-order valence-electron chi connectivity index (χ4n) is 3.41. The minimum atomic E-state index is -0.0395. The molecule has 7 heteroatoms. The second kappa shape index (κ2) is 11.6. The fraction of sp³-hybridized carbons (Fsp3) is 0.417. The van der Waals surface area contributed by atoms with Gasteiger partial charge >= 0.3 is 0 Å². The van der Waals surface area contributed by atoms with Crippen LogP contribution in [0.3, 0.4) is 0 Å². The lowest BCUT2D eigenvalue weighted by Crippen LogP contribution is -2.46. The molecule has 0 atom stereocenters. The summed E-state index contributed by atoms with van der Waals surface area (Å²) in [5.74, 6) is 1.35. The maximum absolute atomic E-state index is 12.6. The van der Waals surface area contributed by atoms with Gasteiger partial charge in [-0.2, -0.15) is 11.3 Å². The van der Waals surface area contributed by atoms with Gasteiger partial charge in [0.1, 0.15) is 0 Å². The number of nitrogens with zero attached hydrogens (tertiary/aromatic N) is 1. The number of piperidine rings is 1. The van der Waals surface area contributed by atoms with Crippen molar-refractivity contribution in [2.75, 3.05) is 26.3 Å². The first-order valence-corrected chi connectivity index (χ1v) is 11.7. The van der Waals surface area contributed by atoms with E-state index in [0.29, 0.717) is 37.6 Å². The van der Waals surface area contributed by atoms with Gasteiger partial charge in [0.2, 0.25) is 5.91 Å². The van der Waals surface area contributed by atoms with Gasteiger partial charge < -0.3 is 19.7 Å². The van der Waals surface area contributed by atoms with Crippen LogP contribution in [0.25, 0.3) is 6.08 Å². The van der Waals surface area contributed by atoms with E-state index in [1.54, 1.807) is 12.2 Å². The molecule has 1 aromatic heterocycles. The van der Waals surface area contributed by atoms with Crippen molar-refractivity contribution in [2.45, 2.75) is 39.2 Å². The molecule has 1 aromatic carbocycles. The molecule has 0 radical (unpaired) electrons. The van der Waals surface area contributed by atoms with Crippen LogP contribution in [-0.2, 0) is 4.79 Å². The first-order valence-electron chi connectivity index (χ1n) is 10.8. The quantitative estimate of drug-likeness (QED) is 0.586. The molecule has 3 rings (SSSR count). The molecule has 2 amide bonds. The Morgan fingerprint density at radius 3 is 2.65 bits per heavy atom. The molecule has 0 spiro atoms. The second-order valence-corrected chi connectivity index (χ2v) is 8.19. The average Bonchev–Trinajstić information content (AvgIpc) is 3.33. The van der Waals surface area contributed by atoms with Crippen LogP contribution in [0.15, 0.2) is 41.1 Å². The maximum atomic E-state index is 12.6. The van der Waals surface area contributed by atoms with E-state index in [2.05, 4.69) is 12.2 Å². The van der Waals surface area contributed by atoms with Crippen LogP contribution in [0.4, 0.5) is 0 Å². The van der Waals surface area contributed by atoms with Crippen LogP contribution in [-0.4, -0.2) is 49.1 Å². The summed E-state index contributed by atoms with van der Waals surface area (Å²) in [6.45, 7) is 6.44. The number of benzene rings is 1. The number of amides is 2. The predicted octanol–water partition coefficient (Wildman–Crippen LogP) is 4.37. The molecule has 0 aliphatic carbocycles. The molecule has 2 aromatic rings. The molecule has 1 aliphatic heterocycles. The molecule has 166 valence electrons. The number of likely N-dealkylation sites (tertiary alicyclic amines) is 1.